The minimum absolute atomic E-state index is 0. The quantitative estimate of drug-likeness (QED) is 0.326. The van der Waals surface area contributed by atoms with Gasteiger partial charge >= 0.3 is 0 Å². The number of nitrogens with zero attached hydrogens (tertiary/aromatic N) is 2. The summed E-state index contributed by atoms with van der Waals surface area (Å²) in [5, 5.41) is 16.2. The van der Waals surface area contributed by atoms with Crippen LogP contribution in [0.2, 0.25) is 0 Å². The Bertz CT molecular complexity index is 607. The summed E-state index contributed by atoms with van der Waals surface area (Å²) in [5.74, 6) is 0.788. The molecule has 1 aromatic heterocycles. The van der Waals surface area contributed by atoms with Crippen molar-refractivity contribution >= 4 is 29.9 Å². The lowest BCUT2D eigenvalue weighted by Gasteiger charge is -2.15. The molecule has 2 rings (SSSR count). The van der Waals surface area contributed by atoms with Crippen LogP contribution in [0.1, 0.15) is 24.0 Å². The monoisotopic (exact) mass is 454 g/mol. The van der Waals surface area contributed by atoms with Gasteiger partial charge in [-0.1, -0.05) is 36.4 Å². The zero-order chi connectivity index (χ0) is 17.0. The Kier molecular flexibility index (Phi) is 10.8. The number of pyridine rings is 1. The van der Waals surface area contributed by atoms with Gasteiger partial charge in [0.15, 0.2) is 5.96 Å². The normalized spacial score (nSPS) is 12.2. The van der Waals surface area contributed by atoms with E-state index < -0.39 is 0 Å². The van der Waals surface area contributed by atoms with E-state index in [1.807, 2.05) is 49.5 Å². The molecule has 0 aliphatic heterocycles. The number of aliphatic imine (C=N–C) groups is 1. The fraction of sp³-hybridized carbons (Fsp3) is 0.368. The molecule has 0 saturated carbocycles. The molecular weight excluding hydrogens is 427 g/mol. The summed E-state index contributed by atoms with van der Waals surface area (Å²) in [5.41, 5.74) is 2.30. The van der Waals surface area contributed by atoms with E-state index in [4.69, 9.17) is 0 Å². The Hall–Kier alpha value is -1.67. The van der Waals surface area contributed by atoms with Gasteiger partial charge in [0.2, 0.25) is 0 Å². The lowest BCUT2D eigenvalue weighted by molar-refractivity contribution is 0.268. The highest BCUT2D eigenvalue weighted by molar-refractivity contribution is 14.0. The molecule has 5 nitrogen and oxygen atoms in total. The topological polar surface area (TPSA) is 69.5 Å². The molecule has 0 radical (unpaired) electrons. The molecule has 0 amide bonds. The average Bonchev–Trinajstić information content (AvgIpc) is 2.64. The van der Waals surface area contributed by atoms with E-state index in [1.165, 1.54) is 5.56 Å². The first-order valence-corrected chi connectivity index (χ1v) is 8.40. The molecule has 6 heteroatoms. The van der Waals surface area contributed by atoms with Crippen molar-refractivity contribution < 1.29 is 5.11 Å². The average molecular weight is 454 g/mol. The maximum Gasteiger partial charge on any atom is 0.191 e. The number of aliphatic hydroxyl groups is 1. The molecule has 0 saturated heterocycles. The van der Waals surface area contributed by atoms with Crippen LogP contribution in [0, 0.1) is 0 Å². The van der Waals surface area contributed by atoms with Crippen molar-refractivity contribution in [2.75, 3.05) is 26.2 Å². The minimum Gasteiger partial charge on any atom is -0.396 e. The first-order valence-electron chi connectivity index (χ1n) is 8.40. The third-order valence-corrected chi connectivity index (χ3v) is 3.73. The number of halogens is 1. The van der Waals surface area contributed by atoms with Gasteiger partial charge in [-0.25, -0.2) is 0 Å². The molecule has 1 aromatic carbocycles. The predicted molar refractivity (Wildman–Crippen MR) is 114 cm³/mol. The van der Waals surface area contributed by atoms with Crippen molar-refractivity contribution in [2.24, 2.45) is 4.99 Å². The summed E-state index contributed by atoms with van der Waals surface area (Å²) in [6, 6.07) is 14.0. The Morgan fingerprint density at radius 2 is 1.96 bits per heavy atom. The number of nitrogens with one attached hydrogen (secondary N) is 2. The number of hydrogen-bond acceptors (Lipinski definition) is 3. The van der Waals surface area contributed by atoms with Crippen molar-refractivity contribution in [3.05, 3.63) is 66.0 Å². The molecule has 2 aromatic rings. The van der Waals surface area contributed by atoms with Gasteiger partial charge < -0.3 is 15.7 Å². The van der Waals surface area contributed by atoms with Gasteiger partial charge in [-0.05, 0) is 30.5 Å². The van der Waals surface area contributed by atoms with Crippen molar-refractivity contribution in [3.63, 3.8) is 0 Å². The molecular formula is C19H27IN4O. The van der Waals surface area contributed by atoms with Crippen molar-refractivity contribution in [2.45, 2.75) is 19.3 Å². The number of aromatic nitrogens is 1. The molecule has 0 spiro atoms. The third-order valence-electron chi connectivity index (χ3n) is 3.73. The lowest BCUT2D eigenvalue weighted by Crippen LogP contribution is -2.38. The predicted octanol–water partition coefficient (Wildman–Crippen LogP) is 2.57. The Labute approximate surface area is 167 Å². The lowest BCUT2D eigenvalue weighted by atomic mass is 10.0. The molecule has 0 aliphatic rings. The van der Waals surface area contributed by atoms with Crippen molar-refractivity contribution in [3.8, 4) is 0 Å². The molecule has 25 heavy (non-hydrogen) atoms. The van der Waals surface area contributed by atoms with E-state index in [1.54, 1.807) is 6.20 Å². The fourth-order valence-corrected chi connectivity index (χ4v) is 2.41. The van der Waals surface area contributed by atoms with E-state index >= 15 is 0 Å². The van der Waals surface area contributed by atoms with Crippen LogP contribution in [0.4, 0.5) is 0 Å². The largest absolute Gasteiger partial charge is 0.396 e. The van der Waals surface area contributed by atoms with Crippen LogP contribution in [-0.4, -0.2) is 42.3 Å². The van der Waals surface area contributed by atoms with Gasteiger partial charge in [-0.15, -0.1) is 24.0 Å². The molecule has 136 valence electrons. The second-order valence-corrected chi connectivity index (χ2v) is 5.55. The van der Waals surface area contributed by atoms with Gasteiger partial charge in [0.25, 0.3) is 0 Å². The van der Waals surface area contributed by atoms with E-state index in [2.05, 4.69) is 26.7 Å². The van der Waals surface area contributed by atoms with Crippen LogP contribution in [-0.2, 0) is 6.42 Å². The number of hydrogen-bond donors (Lipinski definition) is 3. The van der Waals surface area contributed by atoms with Crippen LogP contribution in [0.5, 0.6) is 0 Å². The molecule has 0 bridgehead atoms. The number of aliphatic hydroxyl groups excluding tert-OH is 1. The Morgan fingerprint density at radius 1 is 1.16 bits per heavy atom. The van der Waals surface area contributed by atoms with Crippen LogP contribution in [0.3, 0.4) is 0 Å². The third kappa shape index (κ3) is 7.83. The van der Waals surface area contributed by atoms with Crippen LogP contribution in [0.15, 0.2) is 59.9 Å². The highest BCUT2D eigenvalue weighted by Crippen LogP contribution is 2.14. The number of rotatable bonds is 8. The first-order chi connectivity index (χ1) is 11.8. The summed E-state index contributed by atoms with van der Waals surface area (Å²) in [6.45, 7) is 4.25. The van der Waals surface area contributed by atoms with Gasteiger partial charge in [0.1, 0.15) is 0 Å². The molecule has 1 atom stereocenters. The van der Waals surface area contributed by atoms with Gasteiger partial charge in [0, 0.05) is 31.4 Å². The van der Waals surface area contributed by atoms with Crippen molar-refractivity contribution in [1.29, 1.82) is 0 Å². The fourth-order valence-electron chi connectivity index (χ4n) is 2.41. The second-order valence-electron chi connectivity index (χ2n) is 5.55. The van der Waals surface area contributed by atoms with Gasteiger partial charge in [-0.2, -0.15) is 0 Å². The molecule has 3 N–H and O–H groups in total. The van der Waals surface area contributed by atoms with Crippen LogP contribution < -0.4 is 10.6 Å². The summed E-state index contributed by atoms with van der Waals surface area (Å²) < 4.78 is 0. The zero-order valence-electron chi connectivity index (χ0n) is 14.6. The smallest absolute Gasteiger partial charge is 0.191 e. The maximum absolute atomic E-state index is 9.63. The standard InChI is InChI=1S/C19H26N4O.HI/c1-2-21-19(22-12-10-16-7-6-11-20-13-16)23-14-18(15-24)17-8-4-3-5-9-17;/h3-9,11,13,18,24H,2,10,12,14-15H2,1H3,(H2,21,22,23);1H. The second kappa shape index (κ2) is 12.7. The highest BCUT2D eigenvalue weighted by Gasteiger charge is 2.09. The molecule has 0 fully saturated rings. The number of benzene rings is 1. The maximum atomic E-state index is 9.63. The molecule has 1 unspecified atom stereocenters. The first kappa shape index (κ1) is 21.4. The van der Waals surface area contributed by atoms with E-state index in [-0.39, 0.29) is 36.5 Å². The van der Waals surface area contributed by atoms with E-state index in [9.17, 15) is 5.11 Å². The minimum atomic E-state index is 0. The summed E-state index contributed by atoms with van der Waals surface area (Å²) in [6.07, 6.45) is 4.55. The summed E-state index contributed by atoms with van der Waals surface area (Å²) in [7, 11) is 0. The summed E-state index contributed by atoms with van der Waals surface area (Å²) >= 11 is 0. The zero-order valence-corrected chi connectivity index (χ0v) is 16.9. The molecule has 0 aliphatic carbocycles. The van der Waals surface area contributed by atoms with Gasteiger partial charge in [0.05, 0.1) is 13.2 Å². The highest BCUT2D eigenvalue weighted by atomic mass is 127. The van der Waals surface area contributed by atoms with E-state index in [0.717, 1.165) is 31.0 Å². The summed E-state index contributed by atoms with van der Waals surface area (Å²) in [4.78, 5) is 8.73. The van der Waals surface area contributed by atoms with E-state index in [0.29, 0.717) is 6.54 Å². The number of guanidine groups is 1. The molecule has 1 heterocycles. The van der Waals surface area contributed by atoms with Crippen LogP contribution in [0.25, 0.3) is 0 Å². The Balaban J connectivity index is 0.00000312. The van der Waals surface area contributed by atoms with Crippen LogP contribution >= 0.6 is 24.0 Å². The van der Waals surface area contributed by atoms with Crippen molar-refractivity contribution in [1.82, 2.24) is 15.6 Å². The Morgan fingerprint density at radius 3 is 2.60 bits per heavy atom. The van der Waals surface area contributed by atoms with Gasteiger partial charge in [-0.3, -0.25) is 9.98 Å². The SMILES string of the molecule is CCNC(=NCC(CO)c1ccccc1)NCCc1cccnc1.I.